The van der Waals surface area contributed by atoms with Gasteiger partial charge in [-0.3, -0.25) is 9.80 Å². The van der Waals surface area contributed by atoms with Crippen molar-refractivity contribution >= 4 is 0 Å². The predicted molar refractivity (Wildman–Crippen MR) is 63.0 cm³/mol. The van der Waals surface area contributed by atoms with E-state index in [1.807, 2.05) is 0 Å². The van der Waals surface area contributed by atoms with Crippen molar-refractivity contribution in [2.24, 2.45) is 5.73 Å². The molecule has 1 unspecified atom stereocenters. The van der Waals surface area contributed by atoms with E-state index >= 15 is 0 Å². The fraction of sp³-hybridized carbons (Fsp3) is 1.00. The molecule has 1 heterocycles. The summed E-state index contributed by atoms with van der Waals surface area (Å²) in [5.41, 5.74) is 5.36. The van der Waals surface area contributed by atoms with Crippen molar-refractivity contribution in [1.29, 1.82) is 0 Å². The Morgan fingerprint density at radius 2 is 2.13 bits per heavy atom. The summed E-state index contributed by atoms with van der Waals surface area (Å²) in [5, 5.41) is 0. The van der Waals surface area contributed by atoms with Crippen LogP contribution >= 0.6 is 0 Å². The van der Waals surface area contributed by atoms with E-state index in [1.54, 1.807) is 0 Å². The first-order valence-electron chi connectivity index (χ1n) is 6.02. The summed E-state index contributed by atoms with van der Waals surface area (Å²) >= 11 is 0. The Labute approximate surface area is 93.4 Å². The van der Waals surface area contributed by atoms with Crippen molar-refractivity contribution in [3.63, 3.8) is 0 Å². The quantitative estimate of drug-likeness (QED) is 0.633. The molecule has 0 aromatic rings. The Bertz CT molecular complexity index is 166. The van der Waals surface area contributed by atoms with Gasteiger partial charge in [0.15, 0.2) is 0 Å². The maximum Gasteiger partial charge on any atom is 0.0594 e. The normalized spacial score (nSPS) is 24.6. The molecule has 0 radical (unpaired) electrons. The van der Waals surface area contributed by atoms with Crippen LogP contribution in [-0.4, -0.2) is 68.3 Å². The van der Waals surface area contributed by atoms with Gasteiger partial charge in [0.25, 0.3) is 0 Å². The third-order valence-corrected chi connectivity index (χ3v) is 3.07. The highest BCUT2D eigenvalue weighted by Gasteiger charge is 2.21. The van der Waals surface area contributed by atoms with Gasteiger partial charge >= 0.3 is 0 Å². The summed E-state index contributed by atoms with van der Waals surface area (Å²) in [4.78, 5) is 5.00. The molecule has 15 heavy (non-hydrogen) atoms. The average Bonchev–Trinajstić information content (AvgIpc) is 2.25. The molecule has 0 aromatic carbocycles. The molecule has 1 saturated heterocycles. The second-order valence-electron chi connectivity index (χ2n) is 4.18. The summed E-state index contributed by atoms with van der Waals surface area (Å²) < 4.78 is 5.39. The molecule has 1 atom stereocenters. The number of nitrogens with zero attached hydrogens (tertiary/aromatic N) is 2. The first kappa shape index (κ1) is 12.9. The molecular weight excluding hydrogens is 190 g/mol. The van der Waals surface area contributed by atoms with Crippen LogP contribution in [-0.2, 0) is 4.74 Å². The van der Waals surface area contributed by atoms with E-state index in [0.717, 1.165) is 13.2 Å². The van der Waals surface area contributed by atoms with Gasteiger partial charge in [-0.2, -0.15) is 0 Å². The molecule has 0 saturated carbocycles. The zero-order chi connectivity index (χ0) is 11.1. The van der Waals surface area contributed by atoms with E-state index in [2.05, 4.69) is 23.6 Å². The number of piperazine rings is 1. The fourth-order valence-electron chi connectivity index (χ4n) is 2.12. The molecule has 1 rings (SSSR count). The molecule has 0 amide bonds. The summed E-state index contributed by atoms with van der Waals surface area (Å²) in [5.74, 6) is 0. The fourth-order valence-corrected chi connectivity index (χ4v) is 2.12. The van der Waals surface area contributed by atoms with E-state index < -0.39 is 0 Å². The maximum atomic E-state index is 5.39. The van der Waals surface area contributed by atoms with Crippen LogP contribution in [0.3, 0.4) is 0 Å². The van der Waals surface area contributed by atoms with Crippen molar-refractivity contribution in [3.8, 4) is 0 Å². The summed E-state index contributed by atoms with van der Waals surface area (Å²) in [6.45, 7) is 12.4. The third-order valence-electron chi connectivity index (χ3n) is 3.07. The van der Waals surface area contributed by atoms with Gasteiger partial charge in [-0.25, -0.2) is 0 Å². The number of hydrogen-bond acceptors (Lipinski definition) is 4. The molecule has 1 aliphatic heterocycles. The summed E-state index contributed by atoms with van der Waals surface area (Å²) in [6.07, 6.45) is 0. The van der Waals surface area contributed by atoms with Crippen molar-refractivity contribution in [2.45, 2.75) is 19.9 Å². The van der Waals surface area contributed by atoms with Gasteiger partial charge in [-0.05, 0) is 13.5 Å². The van der Waals surface area contributed by atoms with Crippen molar-refractivity contribution in [3.05, 3.63) is 0 Å². The Morgan fingerprint density at radius 1 is 1.33 bits per heavy atom. The van der Waals surface area contributed by atoms with Gasteiger partial charge in [-0.15, -0.1) is 0 Å². The highest BCUT2D eigenvalue weighted by molar-refractivity contribution is 4.77. The standard InChI is InChI=1S/C11H25N3O/c1-3-14-6-5-13(10-11(14)2)7-9-15-8-4-12/h11H,3-10,12H2,1-2H3. The van der Waals surface area contributed by atoms with Crippen LogP contribution in [0.25, 0.3) is 0 Å². The van der Waals surface area contributed by atoms with Gasteiger partial charge in [0.05, 0.1) is 13.2 Å². The molecule has 0 spiro atoms. The van der Waals surface area contributed by atoms with Gasteiger partial charge in [0.1, 0.15) is 0 Å². The first-order valence-corrected chi connectivity index (χ1v) is 6.02. The SMILES string of the molecule is CCN1CCN(CCOCCN)CC1C. The molecule has 1 aliphatic rings. The Morgan fingerprint density at radius 3 is 2.73 bits per heavy atom. The largest absolute Gasteiger partial charge is 0.379 e. The van der Waals surface area contributed by atoms with Gasteiger partial charge in [0, 0.05) is 38.8 Å². The molecular formula is C11H25N3O. The molecule has 0 aliphatic carbocycles. The van der Waals surface area contributed by atoms with E-state index in [1.165, 1.54) is 26.2 Å². The van der Waals surface area contributed by atoms with E-state index in [9.17, 15) is 0 Å². The van der Waals surface area contributed by atoms with Gasteiger partial charge in [-0.1, -0.05) is 6.92 Å². The van der Waals surface area contributed by atoms with Gasteiger partial charge in [0.2, 0.25) is 0 Å². The Kier molecular flexibility index (Phi) is 6.17. The van der Waals surface area contributed by atoms with Crippen LogP contribution in [0.5, 0.6) is 0 Å². The van der Waals surface area contributed by atoms with Crippen molar-refractivity contribution < 1.29 is 4.74 Å². The zero-order valence-electron chi connectivity index (χ0n) is 10.1. The lowest BCUT2D eigenvalue weighted by Crippen LogP contribution is -2.52. The molecule has 4 nitrogen and oxygen atoms in total. The molecule has 2 N–H and O–H groups in total. The third kappa shape index (κ3) is 4.47. The number of nitrogens with two attached hydrogens (primary N) is 1. The lowest BCUT2D eigenvalue weighted by Gasteiger charge is -2.39. The first-order chi connectivity index (χ1) is 7.27. The van der Waals surface area contributed by atoms with Crippen LogP contribution in [0.1, 0.15) is 13.8 Å². The maximum absolute atomic E-state index is 5.39. The predicted octanol–water partition coefficient (Wildman–Crippen LogP) is -0.0123. The minimum atomic E-state index is 0.625. The van der Waals surface area contributed by atoms with E-state index in [0.29, 0.717) is 19.2 Å². The smallest absolute Gasteiger partial charge is 0.0594 e. The van der Waals surface area contributed by atoms with E-state index in [-0.39, 0.29) is 0 Å². The minimum Gasteiger partial charge on any atom is -0.379 e. The van der Waals surface area contributed by atoms with Crippen molar-refractivity contribution in [2.75, 3.05) is 52.5 Å². The van der Waals surface area contributed by atoms with Crippen molar-refractivity contribution in [1.82, 2.24) is 9.80 Å². The summed E-state index contributed by atoms with van der Waals surface area (Å²) in [6, 6.07) is 0.679. The number of hydrogen-bond donors (Lipinski definition) is 1. The highest BCUT2D eigenvalue weighted by Crippen LogP contribution is 2.08. The second-order valence-corrected chi connectivity index (χ2v) is 4.18. The lowest BCUT2D eigenvalue weighted by atomic mass is 10.2. The molecule has 1 fully saturated rings. The van der Waals surface area contributed by atoms with E-state index in [4.69, 9.17) is 10.5 Å². The highest BCUT2D eigenvalue weighted by atomic mass is 16.5. The number of ether oxygens (including phenoxy) is 1. The Balaban J connectivity index is 2.11. The monoisotopic (exact) mass is 215 g/mol. The van der Waals surface area contributed by atoms with Crippen LogP contribution in [0.2, 0.25) is 0 Å². The molecule has 0 bridgehead atoms. The molecule has 0 aromatic heterocycles. The van der Waals surface area contributed by atoms with Gasteiger partial charge < -0.3 is 10.5 Å². The lowest BCUT2D eigenvalue weighted by molar-refractivity contribution is 0.0556. The number of rotatable bonds is 6. The summed E-state index contributed by atoms with van der Waals surface area (Å²) in [7, 11) is 0. The van der Waals surface area contributed by atoms with Crippen LogP contribution in [0.4, 0.5) is 0 Å². The minimum absolute atomic E-state index is 0.625. The second kappa shape index (κ2) is 7.17. The Hall–Kier alpha value is -0.160. The average molecular weight is 215 g/mol. The molecule has 90 valence electrons. The topological polar surface area (TPSA) is 41.7 Å². The van der Waals surface area contributed by atoms with Crippen LogP contribution in [0.15, 0.2) is 0 Å². The molecule has 4 heteroatoms. The van der Waals surface area contributed by atoms with Crippen LogP contribution < -0.4 is 5.73 Å². The van der Waals surface area contributed by atoms with Crippen LogP contribution in [0, 0.1) is 0 Å². The zero-order valence-corrected chi connectivity index (χ0v) is 10.1. The number of likely N-dealkylation sites (N-methyl/N-ethyl adjacent to an activating group) is 1.